The quantitative estimate of drug-likeness (QED) is 0.219. The van der Waals surface area contributed by atoms with E-state index in [9.17, 15) is 0 Å². The van der Waals surface area contributed by atoms with Gasteiger partial charge in [0.25, 0.3) is 0 Å². The summed E-state index contributed by atoms with van der Waals surface area (Å²) in [5, 5.41) is 0. The number of hydrogen-bond donors (Lipinski definition) is 0. The maximum absolute atomic E-state index is 8.52. The molecule has 0 spiro atoms. The second-order valence-corrected chi connectivity index (χ2v) is 4.19. The predicted octanol–water partition coefficient (Wildman–Crippen LogP) is -0.840. The Morgan fingerprint density at radius 3 is 1.40 bits per heavy atom. The Hall–Kier alpha value is -0.0279. The van der Waals surface area contributed by atoms with Crippen LogP contribution in [0.5, 0.6) is 0 Å². The monoisotopic (exact) mass is 426 g/mol. The first-order valence-corrected chi connectivity index (χ1v) is 5.16. The summed E-state index contributed by atoms with van der Waals surface area (Å²) in [5.74, 6) is 0. The van der Waals surface area contributed by atoms with Crippen LogP contribution in [0, 0.1) is 0 Å². The van der Waals surface area contributed by atoms with Crippen molar-refractivity contribution >= 4 is 37.7 Å². The molecular formula is C8H12NO4PbS-. The van der Waals surface area contributed by atoms with Crippen LogP contribution in [0.4, 0.5) is 0 Å². The fourth-order valence-corrected chi connectivity index (χ4v) is 1.35. The summed E-state index contributed by atoms with van der Waals surface area (Å²) in [4.78, 5) is 0. The summed E-state index contributed by atoms with van der Waals surface area (Å²) in [6.45, 7) is 0. The molecule has 0 saturated carbocycles. The SMILES string of the molecule is C[N+]1(C)C2=CC=C1C=C2.O=S(=O)([O-])[O-].[PbH2]. The molecule has 5 nitrogen and oxygen atoms in total. The topological polar surface area (TPSA) is 80.3 Å². The van der Waals surface area contributed by atoms with Crippen LogP contribution in [-0.4, -0.2) is 63.4 Å². The molecule has 0 atom stereocenters. The van der Waals surface area contributed by atoms with Gasteiger partial charge in [0.1, 0.15) is 11.4 Å². The predicted molar refractivity (Wildman–Crippen MR) is 56.4 cm³/mol. The normalized spacial score (nSPS) is 19.7. The Morgan fingerprint density at radius 2 is 1.33 bits per heavy atom. The molecule has 84 valence electrons. The van der Waals surface area contributed by atoms with Crippen molar-refractivity contribution in [2.45, 2.75) is 0 Å². The van der Waals surface area contributed by atoms with Crippen molar-refractivity contribution in [1.29, 1.82) is 0 Å². The Balaban J connectivity index is 0.000000289. The number of quaternary nitrogens is 1. The number of allylic oxidation sites excluding steroid dienone is 4. The van der Waals surface area contributed by atoms with Crippen molar-refractivity contribution in [2.24, 2.45) is 0 Å². The molecule has 0 unspecified atom stereocenters. The van der Waals surface area contributed by atoms with Gasteiger partial charge in [-0.05, 0) is 0 Å². The summed E-state index contributed by atoms with van der Waals surface area (Å²) in [5.41, 5.74) is 2.79. The summed E-state index contributed by atoms with van der Waals surface area (Å²) in [6, 6.07) is 0. The Kier molecular flexibility index (Phi) is 4.86. The zero-order valence-corrected chi connectivity index (χ0v) is 14.8. The van der Waals surface area contributed by atoms with Crippen LogP contribution in [0.15, 0.2) is 35.7 Å². The van der Waals surface area contributed by atoms with Crippen LogP contribution in [-0.2, 0) is 10.4 Å². The zero-order valence-electron chi connectivity index (χ0n) is 8.50. The fraction of sp³-hybridized carbons (Fsp3) is 0.250. The van der Waals surface area contributed by atoms with E-state index >= 15 is 0 Å². The molecule has 2 aliphatic heterocycles. The molecule has 2 rings (SSSR count). The van der Waals surface area contributed by atoms with Gasteiger partial charge in [-0.3, -0.25) is 12.9 Å². The number of nitrogens with zero attached hydrogens (tertiary/aromatic N) is 1. The van der Waals surface area contributed by atoms with E-state index < -0.39 is 10.4 Å². The molecule has 0 aromatic carbocycles. The first kappa shape index (κ1) is 15.0. The summed E-state index contributed by atoms with van der Waals surface area (Å²) >= 11 is 0. The third kappa shape index (κ3) is 4.15. The van der Waals surface area contributed by atoms with Crippen LogP contribution in [0.2, 0.25) is 0 Å². The van der Waals surface area contributed by atoms with Crippen molar-refractivity contribution < 1.29 is 22.0 Å². The molecule has 0 fully saturated rings. The second kappa shape index (κ2) is 4.87. The van der Waals surface area contributed by atoms with Gasteiger partial charge in [-0.2, -0.15) is 0 Å². The van der Waals surface area contributed by atoms with Gasteiger partial charge in [0.05, 0.1) is 14.1 Å². The third-order valence-corrected chi connectivity index (χ3v) is 2.14. The molecule has 0 saturated heterocycles. The van der Waals surface area contributed by atoms with Gasteiger partial charge in [0.15, 0.2) is 0 Å². The van der Waals surface area contributed by atoms with Gasteiger partial charge in [0, 0.05) is 34.7 Å². The first-order valence-electron chi connectivity index (χ1n) is 3.83. The number of fused-ring (bicyclic) bond motifs is 2. The molecule has 2 heterocycles. The fourth-order valence-electron chi connectivity index (χ4n) is 1.35. The molecule has 0 aromatic rings. The molecule has 15 heavy (non-hydrogen) atoms. The molecule has 0 aliphatic carbocycles. The van der Waals surface area contributed by atoms with Crippen molar-refractivity contribution in [2.75, 3.05) is 14.1 Å². The van der Waals surface area contributed by atoms with Crippen LogP contribution >= 0.6 is 0 Å². The molecule has 2 radical (unpaired) electrons. The first-order chi connectivity index (χ1) is 6.21. The van der Waals surface area contributed by atoms with Gasteiger partial charge >= 0.3 is 27.3 Å². The van der Waals surface area contributed by atoms with Crippen molar-refractivity contribution in [3.05, 3.63) is 35.7 Å². The van der Waals surface area contributed by atoms with Gasteiger partial charge < -0.3 is 9.11 Å². The molecule has 2 aliphatic rings. The molecular weight excluding hydrogens is 413 g/mol. The van der Waals surface area contributed by atoms with E-state index in [1.54, 1.807) is 0 Å². The molecule has 2 bridgehead atoms. The number of hydrogen-bond acceptors (Lipinski definition) is 4. The number of rotatable bonds is 0. The minimum atomic E-state index is -5.17. The van der Waals surface area contributed by atoms with E-state index in [0.29, 0.717) is 0 Å². The molecule has 0 N–H and O–H groups in total. The zero-order chi connectivity index (χ0) is 11.0. The second-order valence-electron chi connectivity index (χ2n) is 3.38. The Bertz CT molecular complexity index is 402. The van der Waals surface area contributed by atoms with E-state index in [1.165, 1.54) is 11.4 Å². The van der Waals surface area contributed by atoms with E-state index in [2.05, 4.69) is 38.4 Å². The van der Waals surface area contributed by atoms with Crippen molar-refractivity contribution in [1.82, 2.24) is 0 Å². The van der Waals surface area contributed by atoms with Gasteiger partial charge in [0.2, 0.25) is 0 Å². The van der Waals surface area contributed by atoms with Crippen LogP contribution < -0.4 is 0 Å². The van der Waals surface area contributed by atoms with Crippen molar-refractivity contribution in [3.8, 4) is 0 Å². The van der Waals surface area contributed by atoms with Gasteiger partial charge in [-0.25, -0.2) is 0 Å². The molecule has 0 amide bonds. The summed E-state index contributed by atoms with van der Waals surface area (Å²) in [7, 11) is -0.769. The average molecular weight is 425 g/mol. The van der Waals surface area contributed by atoms with E-state index in [0.717, 1.165) is 4.48 Å². The molecule has 7 heteroatoms. The summed E-state index contributed by atoms with van der Waals surface area (Å²) < 4.78 is 35.0. The van der Waals surface area contributed by atoms with Gasteiger partial charge in [-0.15, -0.1) is 0 Å². The third-order valence-electron chi connectivity index (χ3n) is 2.14. The van der Waals surface area contributed by atoms with Crippen LogP contribution in [0.25, 0.3) is 0 Å². The summed E-state index contributed by atoms with van der Waals surface area (Å²) in [6.07, 6.45) is 8.70. The van der Waals surface area contributed by atoms with E-state index in [1.807, 2.05) is 0 Å². The minimum absolute atomic E-state index is 0. The van der Waals surface area contributed by atoms with E-state index in [-0.39, 0.29) is 27.3 Å². The van der Waals surface area contributed by atoms with Crippen LogP contribution in [0.3, 0.4) is 0 Å². The Labute approximate surface area is 109 Å². The van der Waals surface area contributed by atoms with Crippen molar-refractivity contribution in [3.63, 3.8) is 0 Å². The standard InChI is InChI=1S/C8H10N.H2O4S.Pb.2H/c1-9(2)7-3-4-8(9)6-5-7;1-5(2,3)4;;;/h3-6H,1-2H3;(H2,1,2,3,4);;;/q+1;;;;/p-2. The van der Waals surface area contributed by atoms with E-state index in [4.69, 9.17) is 17.5 Å². The number of likely N-dealkylation sites (N-methyl/N-ethyl adjacent to an activating group) is 1. The van der Waals surface area contributed by atoms with Crippen LogP contribution in [0.1, 0.15) is 0 Å². The average Bonchev–Trinajstić information content (AvgIpc) is 2.39. The van der Waals surface area contributed by atoms with Gasteiger partial charge in [-0.1, -0.05) is 0 Å². The molecule has 0 aromatic heterocycles. The Morgan fingerprint density at radius 1 is 1.07 bits per heavy atom. The maximum atomic E-state index is 8.52.